The molecule has 1 aromatic rings. The first-order chi connectivity index (χ1) is 9.15. The van der Waals surface area contributed by atoms with Crippen molar-refractivity contribution in [2.75, 3.05) is 6.54 Å². The molecule has 1 nitrogen and oxygen atoms in total. The average Bonchev–Trinajstić information content (AvgIpc) is 2.60. The van der Waals surface area contributed by atoms with E-state index in [4.69, 9.17) is 11.6 Å². The molecule has 1 saturated heterocycles. The number of benzene rings is 1. The SMILES string of the molecule is CCCC1(Cc2cc(F)ccc2Cl)CCCCCN1. The Morgan fingerprint density at radius 3 is 2.95 bits per heavy atom. The van der Waals surface area contributed by atoms with Gasteiger partial charge in [-0.1, -0.05) is 37.8 Å². The highest BCUT2D eigenvalue weighted by molar-refractivity contribution is 6.31. The Morgan fingerprint density at radius 1 is 1.32 bits per heavy atom. The lowest BCUT2D eigenvalue weighted by molar-refractivity contribution is 0.288. The second-order valence-electron chi connectivity index (χ2n) is 5.68. The van der Waals surface area contributed by atoms with Gasteiger partial charge in [0.25, 0.3) is 0 Å². The van der Waals surface area contributed by atoms with E-state index in [0.29, 0.717) is 5.02 Å². The first-order valence-electron chi connectivity index (χ1n) is 7.34. The van der Waals surface area contributed by atoms with Gasteiger partial charge in [0.05, 0.1) is 0 Å². The Balaban J connectivity index is 2.21. The van der Waals surface area contributed by atoms with Gasteiger partial charge in [-0.2, -0.15) is 0 Å². The zero-order valence-electron chi connectivity index (χ0n) is 11.6. The van der Waals surface area contributed by atoms with Gasteiger partial charge < -0.3 is 5.32 Å². The lowest BCUT2D eigenvalue weighted by Crippen LogP contribution is -2.46. The summed E-state index contributed by atoms with van der Waals surface area (Å²) in [6, 6.07) is 4.69. The molecule has 0 aromatic heterocycles. The number of nitrogens with one attached hydrogen (secondary N) is 1. The first-order valence-corrected chi connectivity index (χ1v) is 7.72. The minimum atomic E-state index is -0.195. The summed E-state index contributed by atoms with van der Waals surface area (Å²) in [6.07, 6.45) is 8.03. The molecule has 0 bridgehead atoms. The normalized spacial score (nSPS) is 24.2. The number of rotatable bonds is 4. The molecule has 19 heavy (non-hydrogen) atoms. The maximum atomic E-state index is 13.4. The third kappa shape index (κ3) is 3.93. The van der Waals surface area contributed by atoms with Crippen LogP contribution in [0.5, 0.6) is 0 Å². The van der Waals surface area contributed by atoms with Crippen LogP contribution in [0, 0.1) is 5.82 Å². The molecule has 1 atom stereocenters. The van der Waals surface area contributed by atoms with Crippen molar-refractivity contribution in [1.29, 1.82) is 0 Å². The summed E-state index contributed by atoms with van der Waals surface area (Å²) >= 11 is 6.22. The standard InChI is InChI=1S/C16H23ClFN/c1-2-8-16(9-4-3-5-10-19-16)12-13-11-14(18)6-7-15(13)17/h6-7,11,19H,2-5,8-10,12H2,1H3. The monoisotopic (exact) mass is 283 g/mol. The average molecular weight is 284 g/mol. The Morgan fingerprint density at radius 2 is 2.16 bits per heavy atom. The van der Waals surface area contributed by atoms with Gasteiger partial charge in [0.15, 0.2) is 0 Å². The first kappa shape index (κ1) is 14.8. The van der Waals surface area contributed by atoms with Crippen LogP contribution in [0.25, 0.3) is 0 Å². The van der Waals surface area contributed by atoms with Gasteiger partial charge in [-0.15, -0.1) is 0 Å². The molecule has 1 N–H and O–H groups in total. The quantitative estimate of drug-likeness (QED) is 0.843. The highest BCUT2D eigenvalue weighted by Gasteiger charge is 2.30. The zero-order valence-corrected chi connectivity index (χ0v) is 12.4. The van der Waals surface area contributed by atoms with E-state index in [1.165, 1.54) is 25.3 Å². The van der Waals surface area contributed by atoms with Crippen LogP contribution in [0.2, 0.25) is 5.02 Å². The minimum Gasteiger partial charge on any atom is -0.311 e. The Hall–Kier alpha value is -0.600. The summed E-state index contributed by atoms with van der Waals surface area (Å²) < 4.78 is 13.4. The fourth-order valence-corrected chi connectivity index (χ4v) is 3.37. The van der Waals surface area contributed by atoms with Crippen molar-refractivity contribution < 1.29 is 4.39 Å². The predicted octanol–water partition coefficient (Wildman–Crippen LogP) is 4.72. The summed E-state index contributed by atoms with van der Waals surface area (Å²) in [5, 5.41) is 4.39. The molecule has 1 unspecified atom stereocenters. The third-order valence-electron chi connectivity index (χ3n) is 4.10. The molecule has 1 aliphatic rings. The lowest BCUT2D eigenvalue weighted by Gasteiger charge is -2.34. The van der Waals surface area contributed by atoms with Crippen molar-refractivity contribution >= 4 is 11.6 Å². The number of halogens is 2. The van der Waals surface area contributed by atoms with E-state index in [0.717, 1.165) is 37.8 Å². The maximum Gasteiger partial charge on any atom is 0.123 e. The molecule has 106 valence electrons. The van der Waals surface area contributed by atoms with Crippen molar-refractivity contribution in [3.05, 3.63) is 34.6 Å². The molecule has 0 amide bonds. The fraction of sp³-hybridized carbons (Fsp3) is 0.625. The predicted molar refractivity (Wildman–Crippen MR) is 79.2 cm³/mol. The molecule has 3 heteroatoms. The van der Waals surface area contributed by atoms with Crippen molar-refractivity contribution in [1.82, 2.24) is 5.32 Å². The molecule has 0 aliphatic carbocycles. The van der Waals surface area contributed by atoms with Crippen LogP contribution in [-0.2, 0) is 6.42 Å². The van der Waals surface area contributed by atoms with E-state index in [-0.39, 0.29) is 11.4 Å². The van der Waals surface area contributed by atoms with E-state index in [9.17, 15) is 4.39 Å². The van der Waals surface area contributed by atoms with Crippen LogP contribution >= 0.6 is 11.6 Å². The van der Waals surface area contributed by atoms with Gasteiger partial charge in [0.1, 0.15) is 5.82 Å². The van der Waals surface area contributed by atoms with Crippen molar-refractivity contribution in [2.24, 2.45) is 0 Å². The second-order valence-corrected chi connectivity index (χ2v) is 6.09. The van der Waals surface area contributed by atoms with E-state index in [2.05, 4.69) is 12.2 Å². The topological polar surface area (TPSA) is 12.0 Å². The molecule has 1 aliphatic heterocycles. The maximum absolute atomic E-state index is 13.4. The number of hydrogen-bond acceptors (Lipinski definition) is 1. The molecular formula is C16H23ClFN. The largest absolute Gasteiger partial charge is 0.311 e. The zero-order chi connectivity index (χ0) is 13.7. The van der Waals surface area contributed by atoms with Gasteiger partial charge in [-0.3, -0.25) is 0 Å². The summed E-state index contributed by atoms with van der Waals surface area (Å²) in [4.78, 5) is 0. The lowest BCUT2D eigenvalue weighted by atomic mass is 9.82. The molecule has 2 rings (SSSR count). The van der Waals surface area contributed by atoms with E-state index in [1.54, 1.807) is 12.1 Å². The van der Waals surface area contributed by atoms with Crippen LogP contribution in [0.4, 0.5) is 4.39 Å². The van der Waals surface area contributed by atoms with Gasteiger partial charge >= 0.3 is 0 Å². The summed E-state index contributed by atoms with van der Waals surface area (Å²) in [6.45, 7) is 3.27. The molecule has 1 heterocycles. The van der Waals surface area contributed by atoms with E-state index < -0.39 is 0 Å². The Kier molecular flexibility index (Phi) is 5.23. The second kappa shape index (κ2) is 6.71. The van der Waals surface area contributed by atoms with Crippen LogP contribution in [0.3, 0.4) is 0 Å². The van der Waals surface area contributed by atoms with Gasteiger partial charge in [-0.25, -0.2) is 4.39 Å². The molecule has 0 spiro atoms. The van der Waals surface area contributed by atoms with E-state index in [1.807, 2.05) is 0 Å². The molecule has 1 aromatic carbocycles. The van der Waals surface area contributed by atoms with E-state index >= 15 is 0 Å². The van der Waals surface area contributed by atoms with Crippen LogP contribution in [0.1, 0.15) is 51.0 Å². The Labute approximate surface area is 120 Å². The highest BCUT2D eigenvalue weighted by atomic mass is 35.5. The smallest absolute Gasteiger partial charge is 0.123 e. The molecule has 0 radical (unpaired) electrons. The van der Waals surface area contributed by atoms with Crippen molar-refractivity contribution in [3.8, 4) is 0 Å². The summed E-state index contributed by atoms with van der Waals surface area (Å²) in [5.41, 5.74) is 1.03. The van der Waals surface area contributed by atoms with Crippen molar-refractivity contribution in [3.63, 3.8) is 0 Å². The third-order valence-corrected chi connectivity index (χ3v) is 4.47. The van der Waals surface area contributed by atoms with Crippen LogP contribution < -0.4 is 5.32 Å². The molecule has 1 fully saturated rings. The van der Waals surface area contributed by atoms with Gasteiger partial charge in [-0.05, 0) is 56.0 Å². The molecule has 0 saturated carbocycles. The minimum absolute atomic E-state index is 0.0999. The van der Waals surface area contributed by atoms with Crippen LogP contribution in [0.15, 0.2) is 18.2 Å². The highest BCUT2D eigenvalue weighted by Crippen LogP contribution is 2.30. The number of hydrogen-bond donors (Lipinski definition) is 1. The van der Waals surface area contributed by atoms with Gasteiger partial charge in [0.2, 0.25) is 0 Å². The molecular weight excluding hydrogens is 261 g/mol. The summed E-state index contributed by atoms with van der Waals surface area (Å²) in [7, 11) is 0. The fourth-order valence-electron chi connectivity index (χ4n) is 3.18. The van der Waals surface area contributed by atoms with Gasteiger partial charge in [0, 0.05) is 10.6 Å². The summed E-state index contributed by atoms with van der Waals surface area (Å²) in [5.74, 6) is -0.195. The Bertz CT molecular complexity index is 411. The van der Waals surface area contributed by atoms with Crippen molar-refractivity contribution in [2.45, 2.75) is 57.4 Å². The van der Waals surface area contributed by atoms with Crippen LogP contribution in [-0.4, -0.2) is 12.1 Å².